The average Bonchev–Trinajstić information content (AvgIpc) is 2.75. The van der Waals surface area contributed by atoms with Gasteiger partial charge in [-0.3, -0.25) is 9.89 Å². The van der Waals surface area contributed by atoms with Gasteiger partial charge in [0, 0.05) is 25.8 Å². The van der Waals surface area contributed by atoms with Gasteiger partial charge in [0.15, 0.2) is 0 Å². The number of carbonyl (C=O) groups excluding carboxylic acids is 1. The molecule has 0 spiro atoms. The van der Waals surface area contributed by atoms with Crippen molar-refractivity contribution < 1.29 is 9.53 Å². The lowest BCUT2D eigenvalue weighted by atomic mass is 10.1. The summed E-state index contributed by atoms with van der Waals surface area (Å²) in [5.41, 5.74) is 3.61. The van der Waals surface area contributed by atoms with Crippen molar-refractivity contribution in [1.29, 1.82) is 0 Å². The number of aromatic nitrogens is 2. The smallest absolute Gasteiger partial charge is 0.253 e. The van der Waals surface area contributed by atoms with E-state index in [2.05, 4.69) is 15.5 Å². The summed E-state index contributed by atoms with van der Waals surface area (Å²) < 4.78 is 5.53. The predicted molar refractivity (Wildman–Crippen MR) is 78.9 cm³/mol. The maximum absolute atomic E-state index is 12.4. The number of likely N-dealkylation sites (N-methyl/N-ethyl adjacent to an activating group) is 1. The molecule has 1 aromatic heterocycles. The Morgan fingerprint density at radius 3 is 3.05 bits per heavy atom. The summed E-state index contributed by atoms with van der Waals surface area (Å²) >= 11 is 0. The van der Waals surface area contributed by atoms with Crippen LogP contribution in [0.3, 0.4) is 0 Å². The van der Waals surface area contributed by atoms with Crippen LogP contribution in [0.25, 0.3) is 0 Å². The molecule has 1 aromatic rings. The van der Waals surface area contributed by atoms with E-state index < -0.39 is 0 Å². The van der Waals surface area contributed by atoms with Gasteiger partial charge in [-0.15, -0.1) is 0 Å². The molecule has 1 fully saturated rings. The third-order valence-corrected chi connectivity index (χ3v) is 4.36. The van der Waals surface area contributed by atoms with Gasteiger partial charge < -0.3 is 15.0 Å². The SMILES string of the molecule is CN(Cc1n[nH]c2c1CCCCC2)C(=O)C1CNCCO1. The van der Waals surface area contributed by atoms with Crippen LogP contribution in [0, 0.1) is 0 Å². The molecular weight excluding hydrogens is 268 g/mol. The highest BCUT2D eigenvalue weighted by Crippen LogP contribution is 2.22. The summed E-state index contributed by atoms with van der Waals surface area (Å²) in [6.07, 6.45) is 5.51. The first-order valence-corrected chi connectivity index (χ1v) is 7.88. The lowest BCUT2D eigenvalue weighted by molar-refractivity contribution is -0.144. The number of hydrogen-bond acceptors (Lipinski definition) is 4. The Labute approximate surface area is 125 Å². The zero-order chi connectivity index (χ0) is 14.7. The number of ether oxygens (including phenoxy) is 1. The summed E-state index contributed by atoms with van der Waals surface area (Å²) in [5, 5.41) is 10.8. The second kappa shape index (κ2) is 6.58. The number of nitrogens with one attached hydrogen (secondary N) is 2. The van der Waals surface area contributed by atoms with E-state index in [9.17, 15) is 4.79 Å². The van der Waals surface area contributed by atoms with E-state index in [4.69, 9.17) is 4.74 Å². The minimum atomic E-state index is -0.360. The van der Waals surface area contributed by atoms with Crippen molar-refractivity contribution >= 4 is 5.91 Å². The van der Waals surface area contributed by atoms with Crippen LogP contribution in [0.2, 0.25) is 0 Å². The highest BCUT2D eigenvalue weighted by Gasteiger charge is 2.26. The number of morpholine rings is 1. The van der Waals surface area contributed by atoms with Crippen LogP contribution in [-0.4, -0.2) is 53.9 Å². The summed E-state index contributed by atoms with van der Waals surface area (Å²) in [6, 6.07) is 0. The van der Waals surface area contributed by atoms with Gasteiger partial charge in [-0.1, -0.05) is 6.42 Å². The average molecular weight is 292 g/mol. The zero-order valence-electron chi connectivity index (χ0n) is 12.7. The lowest BCUT2D eigenvalue weighted by Gasteiger charge is -2.27. The Morgan fingerprint density at radius 1 is 1.38 bits per heavy atom. The minimum absolute atomic E-state index is 0.0348. The molecule has 0 saturated carbocycles. The number of amides is 1. The molecule has 0 bridgehead atoms. The molecule has 2 heterocycles. The molecule has 2 N–H and O–H groups in total. The number of fused-ring (bicyclic) bond motifs is 1. The van der Waals surface area contributed by atoms with Crippen LogP contribution in [0.4, 0.5) is 0 Å². The highest BCUT2D eigenvalue weighted by molar-refractivity contribution is 5.81. The number of aromatic amines is 1. The van der Waals surface area contributed by atoms with Crippen LogP contribution < -0.4 is 5.32 Å². The fourth-order valence-corrected chi connectivity index (χ4v) is 3.13. The Bertz CT molecular complexity index is 494. The van der Waals surface area contributed by atoms with Gasteiger partial charge in [-0.25, -0.2) is 0 Å². The molecular formula is C15H24N4O2. The van der Waals surface area contributed by atoms with Gasteiger partial charge in [0.2, 0.25) is 0 Å². The van der Waals surface area contributed by atoms with Gasteiger partial charge in [0.1, 0.15) is 6.10 Å². The van der Waals surface area contributed by atoms with Crippen molar-refractivity contribution in [3.63, 3.8) is 0 Å². The van der Waals surface area contributed by atoms with Crippen LogP contribution in [-0.2, 0) is 28.9 Å². The molecule has 6 nitrogen and oxygen atoms in total. The van der Waals surface area contributed by atoms with Gasteiger partial charge in [-0.05, 0) is 31.2 Å². The Balaban J connectivity index is 1.65. The fourth-order valence-electron chi connectivity index (χ4n) is 3.13. The molecule has 1 atom stereocenters. The monoisotopic (exact) mass is 292 g/mol. The van der Waals surface area contributed by atoms with Crippen molar-refractivity contribution in [2.24, 2.45) is 0 Å². The maximum Gasteiger partial charge on any atom is 0.253 e. The molecule has 1 amide bonds. The van der Waals surface area contributed by atoms with Gasteiger partial charge in [0.25, 0.3) is 5.91 Å². The van der Waals surface area contributed by atoms with Crippen molar-refractivity contribution in [3.05, 3.63) is 17.0 Å². The van der Waals surface area contributed by atoms with E-state index in [-0.39, 0.29) is 12.0 Å². The van der Waals surface area contributed by atoms with E-state index in [1.165, 1.54) is 30.5 Å². The third-order valence-electron chi connectivity index (χ3n) is 4.36. The first-order valence-electron chi connectivity index (χ1n) is 7.88. The van der Waals surface area contributed by atoms with Crippen molar-refractivity contribution in [2.75, 3.05) is 26.7 Å². The molecule has 1 aliphatic heterocycles. The summed E-state index contributed by atoms with van der Waals surface area (Å²) in [5.74, 6) is 0.0348. The van der Waals surface area contributed by atoms with Crippen LogP contribution in [0.15, 0.2) is 0 Å². The van der Waals surface area contributed by atoms with E-state index in [1.807, 2.05) is 7.05 Å². The molecule has 6 heteroatoms. The molecule has 21 heavy (non-hydrogen) atoms. The first-order chi connectivity index (χ1) is 10.3. The molecule has 2 aliphatic rings. The summed E-state index contributed by atoms with van der Waals surface area (Å²) in [7, 11) is 1.83. The van der Waals surface area contributed by atoms with Crippen molar-refractivity contribution in [1.82, 2.24) is 20.4 Å². The van der Waals surface area contributed by atoms with Crippen LogP contribution >= 0.6 is 0 Å². The molecule has 1 unspecified atom stereocenters. The summed E-state index contributed by atoms with van der Waals surface area (Å²) in [6.45, 7) is 2.58. The Hall–Kier alpha value is -1.40. The van der Waals surface area contributed by atoms with E-state index in [0.29, 0.717) is 19.7 Å². The van der Waals surface area contributed by atoms with Gasteiger partial charge in [0.05, 0.1) is 18.8 Å². The zero-order valence-corrected chi connectivity index (χ0v) is 12.7. The van der Waals surface area contributed by atoms with Crippen molar-refractivity contribution in [3.8, 4) is 0 Å². The maximum atomic E-state index is 12.4. The summed E-state index contributed by atoms with van der Waals surface area (Å²) in [4.78, 5) is 14.1. The standard InChI is InChI=1S/C15H24N4O2/c1-19(15(20)14-9-16-7-8-21-14)10-13-11-5-3-2-4-6-12(11)17-18-13/h14,16H,2-10H2,1H3,(H,17,18). The minimum Gasteiger partial charge on any atom is -0.366 e. The highest BCUT2D eigenvalue weighted by atomic mass is 16.5. The number of rotatable bonds is 3. The molecule has 1 aliphatic carbocycles. The number of hydrogen-bond donors (Lipinski definition) is 2. The predicted octanol–water partition coefficient (Wildman–Crippen LogP) is 0.625. The quantitative estimate of drug-likeness (QED) is 0.802. The normalized spacial score (nSPS) is 22.4. The van der Waals surface area contributed by atoms with E-state index in [1.54, 1.807) is 4.90 Å². The molecule has 0 radical (unpaired) electrons. The second-order valence-corrected chi connectivity index (χ2v) is 5.95. The molecule has 1 saturated heterocycles. The lowest BCUT2D eigenvalue weighted by Crippen LogP contribution is -2.48. The fraction of sp³-hybridized carbons (Fsp3) is 0.733. The molecule has 116 valence electrons. The van der Waals surface area contributed by atoms with E-state index in [0.717, 1.165) is 25.1 Å². The second-order valence-electron chi connectivity index (χ2n) is 5.95. The van der Waals surface area contributed by atoms with Gasteiger partial charge >= 0.3 is 0 Å². The number of nitrogens with zero attached hydrogens (tertiary/aromatic N) is 2. The Morgan fingerprint density at radius 2 is 2.24 bits per heavy atom. The van der Waals surface area contributed by atoms with Gasteiger partial charge in [-0.2, -0.15) is 5.10 Å². The van der Waals surface area contributed by atoms with E-state index >= 15 is 0 Å². The van der Waals surface area contributed by atoms with Crippen LogP contribution in [0.5, 0.6) is 0 Å². The molecule has 0 aromatic carbocycles. The number of aryl methyl sites for hydroxylation is 1. The van der Waals surface area contributed by atoms with Crippen LogP contribution in [0.1, 0.15) is 36.2 Å². The third kappa shape index (κ3) is 3.27. The molecule has 3 rings (SSSR count). The number of carbonyl (C=O) groups is 1. The largest absolute Gasteiger partial charge is 0.366 e. The first kappa shape index (κ1) is 14.5. The Kier molecular flexibility index (Phi) is 4.55. The topological polar surface area (TPSA) is 70.2 Å². The van der Waals surface area contributed by atoms with Crippen molar-refractivity contribution in [2.45, 2.75) is 44.8 Å². The number of H-pyrrole nitrogens is 1.